The molecule has 2 N–H and O–H groups in total. The average Bonchev–Trinajstić information content (AvgIpc) is 2.58. The topological polar surface area (TPSA) is 70.6 Å². The molecule has 0 unspecified atom stereocenters. The molecule has 2 rings (SSSR count). The van der Waals surface area contributed by atoms with Crippen LogP contribution in [0.15, 0.2) is 59.7 Å². The molecule has 2 amide bonds. The number of benzene rings is 2. The molecule has 0 aromatic heterocycles. The second-order valence-corrected chi connectivity index (χ2v) is 4.79. The van der Waals surface area contributed by atoms with Gasteiger partial charge < -0.3 is 5.32 Å². The van der Waals surface area contributed by atoms with Gasteiger partial charge in [0.05, 0.1) is 12.3 Å². The highest BCUT2D eigenvalue weighted by Gasteiger charge is 2.08. The highest BCUT2D eigenvalue weighted by atomic mass is 19.1. The zero-order chi connectivity index (χ0) is 16.7. The number of nitrogens with zero attached hydrogens (tertiary/aromatic N) is 1. The molecule has 0 atom stereocenters. The number of carbonyl (C=O) groups is 2. The van der Waals surface area contributed by atoms with Gasteiger partial charge >= 0.3 is 0 Å². The van der Waals surface area contributed by atoms with Crippen LogP contribution in [0.5, 0.6) is 0 Å². The van der Waals surface area contributed by atoms with Gasteiger partial charge in [-0.05, 0) is 30.7 Å². The minimum atomic E-state index is -0.525. The van der Waals surface area contributed by atoms with E-state index < -0.39 is 17.6 Å². The van der Waals surface area contributed by atoms with E-state index in [0.29, 0.717) is 5.71 Å². The van der Waals surface area contributed by atoms with Crippen LogP contribution in [0.25, 0.3) is 0 Å². The molecule has 0 heterocycles. The van der Waals surface area contributed by atoms with Crippen molar-refractivity contribution in [1.29, 1.82) is 0 Å². The fourth-order valence-corrected chi connectivity index (χ4v) is 1.82. The van der Waals surface area contributed by atoms with E-state index in [1.165, 1.54) is 18.2 Å². The number of nitrogens with one attached hydrogen (secondary N) is 2. The van der Waals surface area contributed by atoms with Crippen molar-refractivity contribution in [3.8, 4) is 0 Å². The summed E-state index contributed by atoms with van der Waals surface area (Å²) in [4.78, 5) is 23.4. The molecule has 0 radical (unpaired) electrons. The van der Waals surface area contributed by atoms with Gasteiger partial charge in [0.2, 0.25) is 0 Å². The summed E-state index contributed by atoms with van der Waals surface area (Å²) < 4.78 is 13.0. The highest BCUT2D eigenvalue weighted by Crippen LogP contribution is 2.03. The maximum atomic E-state index is 13.0. The van der Waals surface area contributed by atoms with Crippen molar-refractivity contribution < 1.29 is 14.0 Å². The Labute approximate surface area is 133 Å². The Morgan fingerprint density at radius 2 is 1.74 bits per heavy atom. The van der Waals surface area contributed by atoms with Crippen molar-refractivity contribution in [2.24, 2.45) is 5.10 Å². The lowest BCUT2D eigenvalue weighted by Gasteiger charge is -2.05. The lowest BCUT2D eigenvalue weighted by molar-refractivity contribution is -0.120. The second-order valence-electron chi connectivity index (χ2n) is 4.79. The number of amides is 2. The van der Waals surface area contributed by atoms with Gasteiger partial charge in [-0.3, -0.25) is 9.59 Å². The number of hydrazone groups is 1. The molecule has 2 aromatic rings. The van der Waals surface area contributed by atoms with E-state index in [0.717, 1.165) is 11.6 Å². The molecule has 0 saturated heterocycles. The van der Waals surface area contributed by atoms with Gasteiger partial charge in [-0.15, -0.1) is 0 Å². The standard InChI is InChI=1S/C17H16FN3O2/c1-12(13-6-3-2-4-7-13)20-21-16(22)11-19-17(23)14-8-5-9-15(18)10-14/h2-10H,11H2,1H3,(H,19,23)(H,21,22)/b20-12+. The van der Waals surface area contributed by atoms with Crippen LogP contribution in [-0.4, -0.2) is 24.1 Å². The Morgan fingerprint density at radius 3 is 2.43 bits per heavy atom. The van der Waals surface area contributed by atoms with Gasteiger partial charge in [-0.1, -0.05) is 36.4 Å². The first-order valence-corrected chi connectivity index (χ1v) is 6.98. The summed E-state index contributed by atoms with van der Waals surface area (Å²) in [5, 5.41) is 6.37. The molecule has 0 aliphatic rings. The quantitative estimate of drug-likeness (QED) is 0.655. The molecule has 23 heavy (non-hydrogen) atoms. The lowest BCUT2D eigenvalue weighted by atomic mass is 10.1. The molecule has 0 fully saturated rings. The van der Waals surface area contributed by atoms with Crippen molar-refractivity contribution in [3.05, 3.63) is 71.5 Å². The SMILES string of the molecule is C/C(=N\NC(=O)CNC(=O)c1cccc(F)c1)c1ccccc1. The molecular formula is C17H16FN3O2. The van der Waals surface area contributed by atoms with Crippen LogP contribution in [0.1, 0.15) is 22.8 Å². The minimum absolute atomic E-state index is 0.154. The van der Waals surface area contributed by atoms with E-state index in [9.17, 15) is 14.0 Å². The Morgan fingerprint density at radius 1 is 1.04 bits per heavy atom. The molecule has 0 spiro atoms. The summed E-state index contributed by atoms with van der Waals surface area (Å²) in [7, 11) is 0. The zero-order valence-electron chi connectivity index (χ0n) is 12.5. The van der Waals surface area contributed by atoms with Crippen LogP contribution in [0.2, 0.25) is 0 Å². The maximum Gasteiger partial charge on any atom is 0.259 e. The van der Waals surface area contributed by atoms with Gasteiger partial charge in [0, 0.05) is 5.56 Å². The number of hydrogen-bond acceptors (Lipinski definition) is 3. The number of carbonyl (C=O) groups excluding carboxylic acids is 2. The fourth-order valence-electron chi connectivity index (χ4n) is 1.82. The van der Waals surface area contributed by atoms with Gasteiger partial charge in [0.1, 0.15) is 5.82 Å². The van der Waals surface area contributed by atoms with Crippen molar-refractivity contribution >= 4 is 17.5 Å². The van der Waals surface area contributed by atoms with E-state index in [1.54, 1.807) is 6.92 Å². The summed E-state index contributed by atoms with van der Waals surface area (Å²) in [6, 6.07) is 14.6. The molecule has 2 aromatic carbocycles. The first kappa shape index (κ1) is 16.4. The zero-order valence-corrected chi connectivity index (χ0v) is 12.5. The van der Waals surface area contributed by atoms with E-state index in [4.69, 9.17) is 0 Å². The maximum absolute atomic E-state index is 13.0. The molecule has 0 saturated carbocycles. The smallest absolute Gasteiger partial charge is 0.259 e. The third-order valence-electron chi connectivity index (χ3n) is 3.04. The van der Waals surface area contributed by atoms with Crippen LogP contribution >= 0.6 is 0 Å². The van der Waals surface area contributed by atoms with Crippen LogP contribution in [0.3, 0.4) is 0 Å². The molecule has 0 bridgehead atoms. The summed E-state index contributed by atoms with van der Waals surface area (Å²) in [6.45, 7) is 1.52. The first-order chi connectivity index (χ1) is 11.1. The monoisotopic (exact) mass is 313 g/mol. The van der Waals surface area contributed by atoms with Crippen LogP contribution in [0.4, 0.5) is 4.39 Å². The molecular weight excluding hydrogens is 297 g/mol. The first-order valence-electron chi connectivity index (χ1n) is 6.98. The van der Waals surface area contributed by atoms with Gasteiger partial charge in [0.25, 0.3) is 11.8 Å². The van der Waals surface area contributed by atoms with Crippen molar-refractivity contribution in [3.63, 3.8) is 0 Å². The molecule has 118 valence electrons. The van der Waals surface area contributed by atoms with Gasteiger partial charge in [-0.25, -0.2) is 9.82 Å². The van der Waals surface area contributed by atoms with E-state index in [1.807, 2.05) is 30.3 Å². The third kappa shape index (κ3) is 5.03. The Hall–Kier alpha value is -3.02. The van der Waals surface area contributed by atoms with Crippen molar-refractivity contribution in [2.75, 3.05) is 6.54 Å². The fraction of sp³-hybridized carbons (Fsp3) is 0.118. The van der Waals surface area contributed by atoms with E-state index in [-0.39, 0.29) is 12.1 Å². The number of halogens is 1. The minimum Gasteiger partial charge on any atom is -0.343 e. The van der Waals surface area contributed by atoms with Crippen LogP contribution < -0.4 is 10.7 Å². The summed E-state index contributed by atoms with van der Waals surface area (Å²) in [5.41, 5.74) is 4.05. The molecule has 6 heteroatoms. The summed E-state index contributed by atoms with van der Waals surface area (Å²) >= 11 is 0. The third-order valence-corrected chi connectivity index (χ3v) is 3.04. The largest absolute Gasteiger partial charge is 0.343 e. The van der Waals surface area contributed by atoms with Crippen molar-refractivity contribution in [2.45, 2.75) is 6.92 Å². The molecule has 0 aliphatic carbocycles. The van der Waals surface area contributed by atoms with Gasteiger partial charge in [0.15, 0.2) is 0 Å². The average molecular weight is 313 g/mol. The predicted molar refractivity (Wildman–Crippen MR) is 85.5 cm³/mol. The number of hydrogen-bond donors (Lipinski definition) is 2. The molecule has 0 aliphatic heterocycles. The Kier molecular flexibility index (Phi) is 5.57. The summed E-state index contributed by atoms with van der Waals surface area (Å²) in [6.07, 6.45) is 0. The Bertz CT molecular complexity index is 730. The van der Waals surface area contributed by atoms with Crippen molar-refractivity contribution in [1.82, 2.24) is 10.7 Å². The second kappa shape index (κ2) is 7.84. The summed E-state index contributed by atoms with van der Waals surface area (Å²) in [5.74, 6) is -1.50. The van der Waals surface area contributed by atoms with E-state index >= 15 is 0 Å². The number of rotatable bonds is 5. The lowest BCUT2D eigenvalue weighted by Crippen LogP contribution is -2.35. The predicted octanol–water partition coefficient (Wildman–Crippen LogP) is 2.10. The molecule has 5 nitrogen and oxygen atoms in total. The van der Waals surface area contributed by atoms with Gasteiger partial charge in [-0.2, -0.15) is 5.10 Å². The highest BCUT2D eigenvalue weighted by molar-refractivity contribution is 5.99. The Balaban J connectivity index is 1.84. The van der Waals surface area contributed by atoms with Crippen LogP contribution in [-0.2, 0) is 4.79 Å². The normalized spacial score (nSPS) is 11.0. The van der Waals surface area contributed by atoms with E-state index in [2.05, 4.69) is 15.8 Å². The van der Waals surface area contributed by atoms with Crippen LogP contribution in [0, 0.1) is 5.82 Å².